The average Bonchev–Trinajstić information content (AvgIpc) is 2.96. The number of methoxy groups -OCH3 is 1. The van der Waals surface area contributed by atoms with Crippen LogP contribution in [-0.2, 0) is 6.54 Å². The minimum absolute atomic E-state index is 0.278. The van der Waals surface area contributed by atoms with Crippen molar-refractivity contribution in [2.75, 3.05) is 12.4 Å². The number of hydrogen-bond acceptors (Lipinski definition) is 3. The van der Waals surface area contributed by atoms with Gasteiger partial charge in [-0.1, -0.05) is 24.3 Å². The molecule has 0 unspecified atom stereocenters. The van der Waals surface area contributed by atoms with Crippen LogP contribution in [0.15, 0.2) is 54.6 Å². The van der Waals surface area contributed by atoms with E-state index in [2.05, 4.69) is 10.4 Å². The fourth-order valence-corrected chi connectivity index (χ4v) is 2.47. The van der Waals surface area contributed by atoms with Gasteiger partial charge in [0.15, 0.2) is 5.82 Å². The molecule has 0 spiro atoms. The third kappa shape index (κ3) is 3.85. The summed E-state index contributed by atoms with van der Waals surface area (Å²) in [7, 11) is 1.55. The predicted molar refractivity (Wildman–Crippen MR) is 93.4 cm³/mol. The fraction of sp³-hybridized carbons (Fsp3) is 0.158. The first-order chi connectivity index (χ1) is 12.1. The largest absolute Gasteiger partial charge is 0.497 e. The molecule has 1 heterocycles. The number of carbonyl (C=O) groups excluding carboxylic acids is 1. The molecule has 25 heavy (non-hydrogen) atoms. The van der Waals surface area contributed by atoms with Gasteiger partial charge in [-0.3, -0.25) is 9.48 Å². The number of hydrogen-bond donors (Lipinski definition) is 1. The van der Waals surface area contributed by atoms with Gasteiger partial charge >= 0.3 is 0 Å². The highest BCUT2D eigenvalue weighted by Crippen LogP contribution is 2.16. The highest BCUT2D eigenvalue weighted by molar-refractivity contribution is 6.04. The molecule has 0 bridgehead atoms. The van der Waals surface area contributed by atoms with Gasteiger partial charge in [0, 0.05) is 22.9 Å². The van der Waals surface area contributed by atoms with Gasteiger partial charge in [0.05, 0.1) is 13.7 Å². The van der Waals surface area contributed by atoms with E-state index in [4.69, 9.17) is 4.74 Å². The summed E-state index contributed by atoms with van der Waals surface area (Å²) in [5, 5.41) is 7.09. The van der Waals surface area contributed by atoms with Crippen LogP contribution in [0.3, 0.4) is 0 Å². The lowest BCUT2D eigenvalue weighted by Crippen LogP contribution is -2.13. The van der Waals surface area contributed by atoms with Crippen LogP contribution in [-0.4, -0.2) is 22.8 Å². The van der Waals surface area contributed by atoms with Gasteiger partial charge in [0.2, 0.25) is 0 Å². The van der Waals surface area contributed by atoms with E-state index >= 15 is 0 Å². The summed E-state index contributed by atoms with van der Waals surface area (Å²) in [4.78, 5) is 12.3. The first kappa shape index (κ1) is 16.7. The van der Waals surface area contributed by atoms with Gasteiger partial charge < -0.3 is 10.1 Å². The van der Waals surface area contributed by atoms with Crippen molar-refractivity contribution < 1.29 is 13.9 Å². The molecule has 0 saturated carbocycles. The molecule has 0 saturated heterocycles. The number of rotatable bonds is 5. The van der Waals surface area contributed by atoms with Crippen LogP contribution in [0, 0.1) is 12.7 Å². The number of halogens is 1. The average molecular weight is 339 g/mol. The second-order valence-corrected chi connectivity index (χ2v) is 5.61. The molecule has 1 aromatic heterocycles. The molecule has 0 aliphatic carbocycles. The summed E-state index contributed by atoms with van der Waals surface area (Å²) in [6.07, 6.45) is 0. The highest BCUT2D eigenvalue weighted by Gasteiger charge is 2.12. The Morgan fingerprint density at radius 1 is 1.20 bits per heavy atom. The van der Waals surface area contributed by atoms with Crippen LogP contribution < -0.4 is 10.1 Å². The Hall–Kier alpha value is -3.15. The Balaban J connectivity index is 1.76. The number of aromatic nitrogens is 2. The molecule has 1 N–H and O–H groups in total. The number of benzene rings is 2. The van der Waals surface area contributed by atoms with Crippen LogP contribution in [0.2, 0.25) is 0 Å². The van der Waals surface area contributed by atoms with Crippen LogP contribution >= 0.6 is 0 Å². The predicted octanol–water partition coefficient (Wildman–Crippen LogP) is 3.64. The minimum atomic E-state index is -0.283. The van der Waals surface area contributed by atoms with E-state index in [0.717, 1.165) is 5.69 Å². The van der Waals surface area contributed by atoms with E-state index in [1.165, 1.54) is 6.07 Å². The molecule has 0 radical (unpaired) electrons. The molecule has 6 heteroatoms. The quantitative estimate of drug-likeness (QED) is 0.772. The number of nitrogens with zero attached hydrogens (tertiary/aromatic N) is 2. The maximum absolute atomic E-state index is 13.8. The van der Waals surface area contributed by atoms with Gasteiger partial charge in [0.25, 0.3) is 5.91 Å². The summed E-state index contributed by atoms with van der Waals surface area (Å²) < 4.78 is 20.6. The Bertz CT molecular complexity index is 905. The van der Waals surface area contributed by atoms with Gasteiger partial charge in [-0.25, -0.2) is 4.39 Å². The van der Waals surface area contributed by atoms with Crippen molar-refractivity contribution in [1.82, 2.24) is 9.78 Å². The molecule has 3 aromatic rings. The van der Waals surface area contributed by atoms with E-state index in [9.17, 15) is 9.18 Å². The van der Waals surface area contributed by atoms with E-state index in [1.807, 2.05) is 6.92 Å². The Labute approximate surface area is 145 Å². The van der Waals surface area contributed by atoms with Gasteiger partial charge in [-0.2, -0.15) is 5.10 Å². The maximum Gasteiger partial charge on any atom is 0.256 e. The highest BCUT2D eigenvalue weighted by atomic mass is 19.1. The third-order valence-electron chi connectivity index (χ3n) is 3.83. The minimum Gasteiger partial charge on any atom is -0.497 e. The van der Waals surface area contributed by atoms with Crippen molar-refractivity contribution in [2.24, 2.45) is 0 Å². The van der Waals surface area contributed by atoms with Crippen molar-refractivity contribution >= 4 is 11.7 Å². The van der Waals surface area contributed by atoms with Gasteiger partial charge in [-0.15, -0.1) is 0 Å². The van der Waals surface area contributed by atoms with Gasteiger partial charge in [-0.05, 0) is 31.2 Å². The zero-order chi connectivity index (χ0) is 17.8. The van der Waals surface area contributed by atoms with Crippen molar-refractivity contribution in [1.29, 1.82) is 0 Å². The normalized spacial score (nSPS) is 10.5. The summed E-state index contributed by atoms with van der Waals surface area (Å²) in [6.45, 7) is 2.16. The molecule has 0 atom stereocenters. The number of amides is 1. The molecule has 2 aromatic carbocycles. The summed E-state index contributed by atoms with van der Waals surface area (Å²) in [5.74, 6) is 0.462. The molecule has 0 fully saturated rings. The molecule has 0 aliphatic heterocycles. The second kappa shape index (κ2) is 7.17. The molecule has 3 rings (SSSR count). The summed E-state index contributed by atoms with van der Waals surface area (Å²) in [6, 6.07) is 15.2. The Kier molecular flexibility index (Phi) is 4.79. The maximum atomic E-state index is 13.8. The fourth-order valence-electron chi connectivity index (χ4n) is 2.47. The Morgan fingerprint density at radius 2 is 2.00 bits per heavy atom. The molecular formula is C19H18FN3O2. The number of carbonyl (C=O) groups is 1. The lowest BCUT2D eigenvalue weighted by molar-refractivity contribution is 0.102. The van der Waals surface area contributed by atoms with Crippen LogP contribution in [0.1, 0.15) is 21.6 Å². The zero-order valence-corrected chi connectivity index (χ0v) is 14.0. The number of ether oxygens (including phenoxy) is 1. The monoisotopic (exact) mass is 339 g/mol. The Morgan fingerprint density at radius 3 is 2.76 bits per heavy atom. The van der Waals surface area contributed by atoms with E-state index < -0.39 is 0 Å². The molecular weight excluding hydrogens is 321 g/mol. The molecule has 0 aliphatic rings. The standard InChI is InChI=1S/C19H18FN3O2/c1-13-10-18(21-19(24)14-7-5-8-16(11-14)25-2)22-23(13)12-15-6-3-4-9-17(15)20/h3-11H,12H2,1-2H3,(H,21,22,24). The van der Waals surface area contributed by atoms with Crippen LogP contribution in [0.5, 0.6) is 5.75 Å². The lowest BCUT2D eigenvalue weighted by Gasteiger charge is -2.06. The SMILES string of the molecule is COc1cccc(C(=O)Nc2cc(C)n(Cc3ccccc3F)n2)c1. The zero-order valence-electron chi connectivity index (χ0n) is 14.0. The van der Waals surface area contributed by atoms with E-state index in [0.29, 0.717) is 29.2 Å². The van der Waals surface area contributed by atoms with E-state index in [1.54, 1.807) is 60.3 Å². The second-order valence-electron chi connectivity index (χ2n) is 5.61. The topological polar surface area (TPSA) is 56.1 Å². The third-order valence-corrected chi connectivity index (χ3v) is 3.83. The molecule has 5 nitrogen and oxygen atoms in total. The van der Waals surface area contributed by atoms with Crippen molar-refractivity contribution in [3.8, 4) is 5.75 Å². The smallest absolute Gasteiger partial charge is 0.256 e. The molecule has 1 amide bonds. The summed E-state index contributed by atoms with van der Waals surface area (Å²) in [5.41, 5.74) is 1.84. The van der Waals surface area contributed by atoms with Crippen molar-refractivity contribution in [2.45, 2.75) is 13.5 Å². The number of aryl methyl sites for hydroxylation is 1. The van der Waals surface area contributed by atoms with Crippen LogP contribution in [0.25, 0.3) is 0 Å². The first-order valence-electron chi connectivity index (χ1n) is 7.80. The lowest BCUT2D eigenvalue weighted by atomic mass is 10.2. The van der Waals surface area contributed by atoms with Crippen molar-refractivity contribution in [3.63, 3.8) is 0 Å². The number of nitrogens with one attached hydrogen (secondary N) is 1. The number of anilines is 1. The van der Waals surface area contributed by atoms with Crippen molar-refractivity contribution in [3.05, 3.63) is 77.2 Å². The molecule has 128 valence electrons. The van der Waals surface area contributed by atoms with Gasteiger partial charge in [0.1, 0.15) is 11.6 Å². The van der Waals surface area contributed by atoms with E-state index in [-0.39, 0.29) is 11.7 Å². The summed E-state index contributed by atoms with van der Waals surface area (Å²) >= 11 is 0. The van der Waals surface area contributed by atoms with Crippen LogP contribution in [0.4, 0.5) is 10.2 Å². The first-order valence-corrected chi connectivity index (χ1v) is 7.80.